The van der Waals surface area contributed by atoms with Crippen molar-refractivity contribution in [3.05, 3.63) is 97.1 Å². The highest BCUT2D eigenvalue weighted by Crippen LogP contribution is 2.29. The highest BCUT2D eigenvalue weighted by atomic mass is 16.7. The van der Waals surface area contributed by atoms with E-state index in [0.29, 0.717) is 5.56 Å². The van der Waals surface area contributed by atoms with Crippen molar-refractivity contribution < 1.29 is 38.4 Å². The van der Waals surface area contributed by atoms with Crippen LogP contribution in [0.2, 0.25) is 0 Å². The van der Waals surface area contributed by atoms with Crippen LogP contribution in [0.3, 0.4) is 0 Å². The van der Waals surface area contributed by atoms with Crippen LogP contribution in [0.25, 0.3) is 0 Å². The largest absolute Gasteiger partial charge is 0.453 e. The highest BCUT2D eigenvalue weighted by molar-refractivity contribution is 5.90. The number of hydrogen-bond donors (Lipinski definition) is 1. The monoisotopic (exact) mass is 468 g/mol. The number of hydrogen-bond acceptors (Lipinski definition) is 8. The number of aliphatic hydroxyl groups is 1. The first-order chi connectivity index (χ1) is 16.5. The smallest absolute Gasteiger partial charge is 0.338 e. The summed E-state index contributed by atoms with van der Waals surface area (Å²) in [5.74, 6) is -1.31. The minimum Gasteiger partial charge on any atom is -0.453 e. The fraction of sp³-hybridized carbons (Fsp3) is 0.308. The van der Waals surface area contributed by atoms with Crippen LogP contribution in [0.5, 0.6) is 0 Å². The van der Waals surface area contributed by atoms with Gasteiger partial charge < -0.3 is 28.8 Å². The summed E-state index contributed by atoms with van der Waals surface area (Å²) >= 11 is 0. The summed E-state index contributed by atoms with van der Waals surface area (Å²) in [5, 5.41) is 10.7. The summed E-state index contributed by atoms with van der Waals surface area (Å²) < 4.78 is 28.4. The Labute approximate surface area is 198 Å². The third-order valence-corrected chi connectivity index (χ3v) is 5.04. The normalized spacial score (nSPS) is 24.1. The van der Waals surface area contributed by atoms with E-state index in [4.69, 9.17) is 23.7 Å². The van der Waals surface area contributed by atoms with E-state index < -0.39 is 42.6 Å². The molecule has 2 unspecified atom stereocenters. The van der Waals surface area contributed by atoms with E-state index >= 15 is 0 Å². The lowest BCUT2D eigenvalue weighted by atomic mass is 9.98. The Hall–Kier alpha value is -3.30. The number of ether oxygens (including phenoxy) is 5. The molecule has 1 aliphatic heterocycles. The molecule has 0 spiro atoms. The van der Waals surface area contributed by atoms with Crippen LogP contribution >= 0.6 is 0 Å². The molecule has 0 bridgehead atoms. The van der Waals surface area contributed by atoms with E-state index in [1.54, 1.807) is 66.7 Å². The summed E-state index contributed by atoms with van der Waals surface area (Å²) in [6.45, 7) is 7.49. The molecule has 180 valence electrons. The Bertz CT molecular complexity index is 946. The van der Waals surface area contributed by atoms with Crippen molar-refractivity contribution in [3.63, 3.8) is 0 Å². The molecule has 3 rings (SSSR count). The quantitative estimate of drug-likeness (QED) is 0.305. The topological polar surface area (TPSA) is 101 Å². The minimum absolute atomic E-state index is 0.0247. The van der Waals surface area contributed by atoms with Gasteiger partial charge in [-0.25, -0.2) is 9.59 Å². The maximum Gasteiger partial charge on any atom is 0.338 e. The summed E-state index contributed by atoms with van der Waals surface area (Å²) in [4.78, 5) is 25.6. The van der Waals surface area contributed by atoms with E-state index in [9.17, 15) is 14.7 Å². The Morgan fingerprint density at radius 2 is 1.35 bits per heavy atom. The number of esters is 2. The van der Waals surface area contributed by atoms with Crippen molar-refractivity contribution in [3.8, 4) is 0 Å². The lowest BCUT2D eigenvalue weighted by Gasteiger charge is -2.43. The Morgan fingerprint density at radius 3 is 1.88 bits per heavy atom. The van der Waals surface area contributed by atoms with Crippen LogP contribution in [0.15, 0.2) is 86.0 Å². The van der Waals surface area contributed by atoms with Gasteiger partial charge in [-0.15, -0.1) is 13.2 Å². The predicted molar refractivity (Wildman–Crippen MR) is 123 cm³/mol. The zero-order chi connectivity index (χ0) is 24.3. The summed E-state index contributed by atoms with van der Waals surface area (Å²) in [7, 11) is 0. The van der Waals surface area contributed by atoms with Crippen LogP contribution in [0, 0.1) is 0 Å². The van der Waals surface area contributed by atoms with E-state index in [-0.39, 0.29) is 25.4 Å². The number of carbonyl (C=O) groups is 2. The van der Waals surface area contributed by atoms with Gasteiger partial charge in [0.05, 0.1) is 30.9 Å². The zero-order valence-electron chi connectivity index (χ0n) is 18.7. The lowest BCUT2D eigenvalue weighted by Crippen LogP contribution is -2.62. The molecular weight excluding hydrogens is 440 g/mol. The fourth-order valence-electron chi connectivity index (χ4n) is 3.47. The molecule has 5 atom stereocenters. The molecular formula is C26H28O8. The van der Waals surface area contributed by atoms with Gasteiger partial charge in [0, 0.05) is 0 Å². The second-order valence-electron chi connectivity index (χ2n) is 7.45. The van der Waals surface area contributed by atoms with Crippen LogP contribution in [-0.2, 0) is 23.7 Å². The van der Waals surface area contributed by atoms with Crippen LogP contribution in [0.1, 0.15) is 20.7 Å². The lowest BCUT2D eigenvalue weighted by molar-refractivity contribution is -0.292. The molecule has 8 heteroatoms. The van der Waals surface area contributed by atoms with Gasteiger partial charge in [-0.1, -0.05) is 48.6 Å². The van der Waals surface area contributed by atoms with Gasteiger partial charge in [0.15, 0.2) is 18.5 Å². The van der Waals surface area contributed by atoms with Gasteiger partial charge in [-0.3, -0.25) is 0 Å². The van der Waals surface area contributed by atoms with Gasteiger partial charge in [0.1, 0.15) is 12.2 Å². The first-order valence-corrected chi connectivity index (χ1v) is 10.8. The average Bonchev–Trinajstić information content (AvgIpc) is 2.87. The SMILES string of the molecule is C=CCOCC1O[C@H](O)[C@H](OC(=O)c2ccccc2)C(OCC=C)[C@@H]1OC(=O)c1ccccc1. The van der Waals surface area contributed by atoms with Crippen molar-refractivity contribution >= 4 is 11.9 Å². The molecule has 1 fully saturated rings. The Kier molecular flexibility index (Phi) is 9.54. The van der Waals surface area contributed by atoms with Gasteiger partial charge >= 0.3 is 11.9 Å². The molecule has 2 aromatic rings. The average molecular weight is 469 g/mol. The molecule has 1 N–H and O–H groups in total. The summed E-state index contributed by atoms with van der Waals surface area (Å²) in [6, 6.07) is 16.7. The first-order valence-electron chi connectivity index (χ1n) is 10.8. The molecule has 1 saturated heterocycles. The van der Waals surface area contributed by atoms with Crippen molar-refractivity contribution in [2.45, 2.75) is 30.7 Å². The standard InChI is InChI=1S/C26H28O8/c1-3-15-30-17-20-21(33-24(27)18-11-7-5-8-12-18)22(31-16-4-2)23(26(29)32-20)34-25(28)19-13-9-6-10-14-19/h3-14,20-23,26,29H,1-2,15-17H2/t20?,21-,22?,23-,26+/m1/s1. The van der Waals surface area contributed by atoms with Crippen LogP contribution in [0.4, 0.5) is 0 Å². The van der Waals surface area contributed by atoms with Gasteiger partial charge in [0.25, 0.3) is 0 Å². The molecule has 1 heterocycles. The summed E-state index contributed by atoms with van der Waals surface area (Å²) in [5.41, 5.74) is 0.603. The zero-order valence-corrected chi connectivity index (χ0v) is 18.7. The fourth-order valence-corrected chi connectivity index (χ4v) is 3.47. The van der Waals surface area contributed by atoms with E-state index in [1.165, 1.54) is 6.08 Å². The molecule has 2 aromatic carbocycles. The first kappa shape index (κ1) is 25.3. The minimum atomic E-state index is -1.55. The Balaban J connectivity index is 1.88. The molecule has 0 aliphatic carbocycles. The van der Waals surface area contributed by atoms with Gasteiger partial charge in [-0.05, 0) is 24.3 Å². The second kappa shape index (κ2) is 12.8. The predicted octanol–water partition coefficient (Wildman–Crippen LogP) is 2.93. The van der Waals surface area contributed by atoms with Crippen LogP contribution in [-0.4, -0.2) is 67.6 Å². The number of carbonyl (C=O) groups excluding carboxylic acids is 2. The number of aliphatic hydroxyl groups excluding tert-OH is 1. The van der Waals surface area contributed by atoms with Crippen molar-refractivity contribution in [1.82, 2.24) is 0 Å². The Morgan fingerprint density at radius 1 is 0.824 bits per heavy atom. The molecule has 0 saturated carbocycles. The molecule has 1 aliphatic rings. The van der Waals surface area contributed by atoms with E-state index in [0.717, 1.165) is 0 Å². The molecule has 0 aromatic heterocycles. The molecule has 34 heavy (non-hydrogen) atoms. The maximum absolute atomic E-state index is 12.9. The number of benzene rings is 2. The maximum atomic E-state index is 12.9. The number of rotatable bonds is 11. The van der Waals surface area contributed by atoms with Crippen molar-refractivity contribution in [2.75, 3.05) is 19.8 Å². The van der Waals surface area contributed by atoms with Gasteiger partial charge in [-0.2, -0.15) is 0 Å². The molecule has 8 nitrogen and oxygen atoms in total. The van der Waals surface area contributed by atoms with Crippen LogP contribution < -0.4 is 0 Å². The highest BCUT2D eigenvalue weighted by Gasteiger charge is 2.50. The van der Waals surface area contributed by atoms with Crippen molar-refractivity contribution in [2.24, 2.45) is 0 Å². The third kappa shape index (κ3) is 6.61. The van der Waals surface area contributed by atoms with Crippen molar-refractivity contribution in [1.29, 1.82) is 0 Å². The van der Waals surface area contributed by atoms with E-state index in [2.05, 4.69) is 13.2 Å². The van der Waals surface area contributed by atoms with Gasteiger partial charge in [0.2, 0.25) is 0 Å². The third-order valence-electron chi connectivity index (χ3n) is 5.04. The molecule has 0 amide bonds. The summed E-state index contributed by atoms with van der Waals surface area (Å²) in [6.07, 6.45) is -2.79. The molecule has 0 radical (unpaired) electrons. The second-order valence-corrected chi connectivity index (χ2v) is 7.45. The van der Waals surface area contributed by atoms with E-state index in [1.807, 2.05) is 0 Å².